The molecule has 1 saturated carbocycles. The quantitative estimate of drug-likeness (QED) is 0.321. The summed E-state index contributed by atoms with van der Waals surface area (Å²) in [5.74, 6) is 0.391. The Morgan fingerprint density at radius 2 is 2.32 bits per heavy atom. The van der Waals surface area contributed by atoms with E-state index in [-0.39, 0.29) is 29.8 Å². The first-order valence-corrected chi connectivity index (χ1v) is 6.97. The minimum Gasteiger partial charge on any atom is -0.466 e. The van der Waals surface area contributed by atoms with E-state index in [0.29, 0.717) is 12.5 Å². The third kappa shape index (κ3) is 2.65. The summed E-state index contributed by atoms with van der Waals surface area (Å²) in [6, 6.07) is 0. The molecular formula is C14H21NO4. The lowest BCUT2D eigenvalue weighted by Crippen LogP contribution is -2.51. The van der Waals surface area contributed by atoms with Crippen molar-refractivity contribution >= 4 is 5.97 Å². The van der Waals surface area contributed by atoms with Crippen molar-refractivity contribution in [3.8, 4) is 0 Å². The molecule has 0 heterocycles. The summed E-state index contributed by atoms with van der Waals surface area (Å²) in [5, 5.41) is 10.9. The lowest BCUT2D eigenvalue weighted by Gasteiger charge is -2.49. The van der Waals surface area contributed by atoms with Crippen LogP contribution in [0.3, 0.4) is 0 Å². The fraction of sp³-hybridized carbons (Fsp3) is 0.786. The lowest BCUT2D eigenvalue weighted by atomic mass is 9.53. The number of carbonyl (C=O) groups excluding carboxylic acids is 1. The highest BCUT2D eigenvalue weighted by Crippen LogP contribution is 2.60. The van der Waals surface area contributed by atoms with Gasteiger partial charge >= 0.3 is 5.97 Å². The Kier molecular flexibility index (Phi) is 3.92. The summed E-state index contributed by atoms with van der Waals surface area (Å²) < 4.78 is 4.97. The summed E-state index contributed by atoms with van der Waals surface area (Å²) in [7, 11) is 0. The number of esters is 1. The summed E-state index contributed by atoms with van der Waals surface area (Å²) in [4.78, 5) is 22.3. The molecule has 0 amide bonds. The van der Waals surface area contributed by atoms with E-state index in [1.54, 1.807) is 6.92 Å². The van der Waals surface area contributed by atoms with Crippen LogP contribution in [0.25, 0.3) is 0 Å². The van der Waals surface area contributed by atoms with Gasteiger partial charge in [-0.15, -0.1) is 0 Å². The number of nitrogens with zero attached hydrogens (tertiary/aromatic N) is 1. The molecule has 19 heavy (non-hydrogen) atoms. The Labute approximate surface area is 113 Å². The molecule has 0 aliphatic heterocycles. The number of hydrogen-bond acceptors (Lipinski definition) is 4. The van der Waals surface area contributed by atoms with Crippen molar-refractivity contribution < 1.29 is 14.5 Å². The predicted octanol–water partition coefficient (Wildman–Crippen LogP) is 2.58. The van der Waals surface area contributed by atoms with Gasteiger partial charge in [-0.25, -0.2) is 0 Å². The smallest absolute Gasteiger partial charge is 0.306 e. The molecule has 0 aromatic heterocycles. The van der Waals surface area contributed by atoms with Crippen LogP contribution in [0.1, 0.15) is 39.5 Å². The first-order chi connectivity index (χ1) is 9.00. The van der Waals surface area contributed by atoms with E-state index in [0.717, 1.165) is 19.3 Å². The molecule has 2 rings (SSSR count). The van der Waals surface area contributed by atoms with Gasteiger partial charge in [0.2, 0.25) is 6.54 Å². The van der Waals surface area contributed by atoms with Gasteiger partial charge in [0, 0.05) is 4.92 Å². The molecule has 106 valence electrons. The Morgan fingerprint density at radius 3 is 2.89 bits per heavy atom. The molecule has 0 radical (unpaired) electrons. The third-order valence-electron chi connectivity index (χ3n) is 4.52. The molecule has 3 atom stereocenters. The van der Waals surface area contributed by atoms with Crippen molar-refractivity contribution in [3.63, 3.8) is 0 Å². The van der Waals surface area contributed by atoms with Gasteiger partial charge in [0.15, 0.2) is 0 Å². The lowest BCUT2D eigenvalue weighted by molar-refractivity contribution is -0.505. The van der Waals surface area contributed by atoms with Gasteiger partial charge in [-0.05, 0) is 38.0 Å². The van der Waals surface area contributed by atoms with E-state index in [9.17, 15) is 14.9 Å². The van der Waals surface area contributed by atoms with Crippen LogP contribution >= 0.6 is 0 Å². The molecule has 1 unspecified atom stereocenters. The zero-order valence-corrected chi connectivity index (χ0v) is 11.6. The largest absolute Gasteiger partial charge is 0.466 e. The van der Waals surface area contributed by atoms with E-state index in [1.807, 2.05) is 0 Å². The molecule has 2 aliphatic carbocycles. The van der Waals surface area contributed by atoms with Gasteiger partial charge in [-0.2, -0.15) is 0 Å². The van der Waals surface area contributed by atoms with Crippen molar-refractivity contribution in [1.29, 1.82) is 0 Å². The Morgan fingerprint density at radius 1 is 1.58 bits per heavy atom. The summed E-state index contributed by atoms with van der Waals surface area (Å²) >= 11 is 0. The SMILES string of the molecule is CCOC(=O)C[C@@]1(C[N+](=O)[O-])CC2CC(CC)=C[C@H]21. The number of allylic oxidation sites excluding steroid dienone is 2. The molecule has 5 nitrogen and oxygen atoms in total. The maximum atomic E-state index is 11.7. The number of ether oxygens (including phenoxy) is 1. The van der Waals surface area contributed by atoms with E-state index >= 15 is 0 Å². The predicted molar refractivity (Wildman–Crippen MR) is 70.1 cm³/mol. The van der Waals surface area contributed by atoms with Crippen molar-refractivity contribution in [3.05, 3.63) is 21.8 Å². The van der Waals surface area contributed by atoms with Crippen LogP contribution in [0, 0.1) is 27.4 Å². The van der Waals surface area contributed by atoms with Gasteiger partial charge in [0.25, 0.3) is 0 Å². The van der Waals surface area contributed by atoms with Gasteiger partial charge in [-0.1, -0.05) is 18.6 Å². The Balaban J connectivity index is 2.12. The molecule has 0 aromatic carbocycles. The van der Waals surface area contributed by atoms with Gasteiger partial charge in [-0.3, -0.25) is 14.9 Å². The molecule has 0 spiro atoms. The van der Waals surface area contributed by atoms with Crippen LogP contribution < -0.4 is 0 Å². The van der Waals surface area contributed by atoms with E-state index in [4.69, 9.17) is 4.74 Å². The summed E-state index contributed by atoms with van der Waals surface area (Å²) in [6.45, 7) is 4.07. The van der Waals surface area contributed by atoms with Crippen molar-refractivity contribution in [2.75, 3.05) is 13.2 Å². The van der Waals surface area contributed by atoms with Gasteiger partial charge < -0.3 is 4.74 Å². The maximum absolute atomic E-state index is 11.7. The molecule has 5 heteroatoms. The number of rotatable bonds is 6. The molecule has 1 fully saturated rings. The van der Waals surface area contributed by atoms with Crippen LogP contribution in [0.4, 0.5) is 0 Å². The van der Waals surface area contributed by atoms with Crippen LogP contribution in [0.2, 0.25) is 0 Å². The maximum Gasteiger partial charge on any atom is 0.306 e. The molecule has 0 saturated heterocycles. The minimum absolute atomic E-state index is 0.125. The third-order valence-corrected chi connectivity index (χ3v) is 4.52. The number of nitro groups is 1. The van der Waals surface area contributed by atoms with Gasteiger partial charge in [0.1, 0.15) is 0 Å². The monoisotopic (exact) mass is 267 g/mol. The molecule has 0 bridgehead atoms. The Hall–Kier alpha value is -1.39. The highest BCUT2D eigenvalue weighted by atomic mass is 16.6. The van der Waals surface area contributed by atoms with Crippen LogP contribution in [-0.4, -0.2) is 24.0 Å². The molecule has 2 aliphatic rings. The van der Waals surface area contributed by atoms with Crippen LogP contribution in [-0.2, 0) is 9.53 Å². The standard InChI is InChI=1S/C14H21NO4/c1-3-10-5-11-7-14(9-15(17)18,12(11)6-10)8-13(16)19-4-2/h6,11-12H,3-5,7-9H2,1-2H3/t11?,12-,14-/m1/s1. The highest BCUT2D eigenvalue weighted by Gasteiger charge is 2.58. The fourth-order valence-electron chi connectivity index (χ4n) is 3.73. The normalized spacial score (nSPS) is 32.2. The van der Waals surface area contributed by atoms with Crippen LogP contribution in [0.15, 0.2) is 11.6 Å². The molecular weight excluding hydrogens is 246 g/mol. The summed E-state index contributed by atoms with van der Waals surface area (Å²) in [5.41, 5.74) is 0.876. The molecule has 0 aromatic rings. The van der Waals surface area contributed by atoms with E-state index in [1.165, 1.54) is 5.57 Å². The summed E-state index contributed by atoms with van der Waals surface area (Å²) in [6.07, 6.45) is 5.18. The second-order valence-corrected chi connectivity index (χ2v) is 5.71. The second kappa shape index (κ2) is 5.31. The first-order valence-electron chi connectivity index (χ1n) is 6.97. The molecule has 0 N–H and O–H groups in total. The number of fused-ring (bicyclic) bond motifs is 1. The zero-order valence-electron chi connectivity index (χ0n) is 11.6. The number of carbonyl (C=O) groups is 1. The Bertz CT molecular complexity index is 418. The topological polar surface area (TPSA) is 69.4 Å². The van der Waals surface area contributed by atoms with E-state index in [2.05, 4.69) is 13.0 Å². The first kappa shape index (κ1) is 14.0. The van der Waals surface area contributed by atoms with Crippen molar-refractivity contribution in [2.45, 2.75) is 39.5 Å². The van der Waals surface area contributed by atoms with E-state index < -0.39 is 5.41 Å². The second-order valence-electron chi connectivity index (χ2n) is 5.71. The highest BCUT2D eigenvalue weighted by molar-refractivity contribution is 5.70. The van der Waals surface area contributed by atoms with Crippen LogP contribution in [0.5, 0.6) is 0 Å². The minimum atomic E-state index is -0.503. The fourth-order valence-corrected chi connectivity index (χ4v) is 3.73. The number of hydrogen-bond donors (Lipinski definition) is 0. The van der Waals surface area contributed by atoms with Crippen molar-refractivity contribution in [1.82, 2.24) is 0 Å². The zero-order chi connectivity index (χ0) is 14.0. The average molecular weight is 267 g/mol. The van der Waals surface area contributed by atoms with Gasteiger partial charge in [0.05, 0.1) is 18.4 Å². The average Bonchev–Trinajstić information content (AvgIpc) is 2.66. The van der Waals surface area contributed by atoms with Crippen molar-refractivity contribution in [2.24, 2.45) is 17.3 Å².